The summed E-state index contributed by atoms with van der Waals surface area (Å²) in [7, 11) is 0. The maximum absolute atomic E-state index is 12.6. The standard InChI is InChI=1S/C15H23N3O2/c16-7-4-8-18(13-14-5-2-1-3-6-14)15(19)17-9-11-20-12-10-17/h1-3,5-6H,4,7-13,16H2. The molecule has 1 fully saturated rings. The number of benzene rings is 1. The number of morpholine rings is 1. The van der Waals surface area contributed by atoms with Crippen molar-refractivity contribution in [1.29, 1.82) is 0 Å². The average Bonchev–Trinajstić information content (AvgIpc) is 2.52. The van der Waals surface area contributed by atoms with Gasteiger partial charge in [0.15, 0.2) is 0 Å². The van der Waals surface area contributed by atoms with E-state index in [1.54, 1.807) is 0 Å². The maximum atomic E-state index is 12.6. The fraction of sp³-hybridized carbons (Fsp3) is 0.533. The van der Waals surface area contributed by atoms with E-state index in [0.29, 0.717) is 45.9 Å². The second kappa shape index (κ2) is 7.87. The molecular formula is C15H23N3O2. The normalized spacial score (nSPS) is 15.2. The number of nitrogens with zero attached hydrogens (tertiary/aromatic N) is 2. The van der Waals surface area contributed by atoms with Crippen LogP contribution in [0.3, 0.4) is 0 Å². The molecule has 0 bridgehead atoms. The van der Waals surface area contributed by atoms with Gasteiger partial charge in [-0.15, -0.1) is 0 Å². The summed E-state index contributed by atoms with van der Waals surface area (Å²) in [6.07, 6.45) is 0.822. The fourth-order valence-electron chi connectivity index (χ4n) is 2.28. The van der Waals surface area contributed by atoms with Gasteiger partial charge in [-0.25, -0.2) is 4.79 Å². The van der Waals surface area contributed by atoms with Crippen molar-refractivity contribution in [2.45, 2.75) is 13.0 Å². The molecule has 2 rings (SSSR count). The number of nitrogens with two attached hydrogens (primary N) is 1. The molecule has 0 aliphatic carbocycles. The summed E-state index contributed by atoms with van der Waals surface area (Å²) < 4.78 is 5.30. The van der Waals surface area contributed by atoms with Gasteiger partial charge in [0.2, 0.25) is 0 Å². The Bertz CT molecular complexity index is 405. The van der Waals surface area contributed by atoms with E-state index in [4.69, 9.17) is 10.5 Å². The van der Waals surface area contributed by atoms with Gasteiger partial charge in [0.05, 0.1) is 13.2 Å². The Morgan fingerprint density at radius 1 is 1.25 bits per heavy atom. The van der Waals surface area contributed by atoms with Crippen molar-refractivity contribution in [3.63, 3.8) is 0 Å². The average molecular weight is 277 g/mol. The summed E-state index contributed by atoms with van der Waals surface area (Å²) in [5, 5.41) is 0. The minimum atomic E-state index is 0.0885. The van der Waals surface area contributed by atoms with Crippen LogP contribution in [0.25, 0.3) is 0 Å². The van der Waals surface area contributed by atoms with E-state index in [2.05, 4.69) is 0 Å². The Hall–Kier alpha value is -1.59. The van der Waals surface area contributed by atoms with Crippen molar-refractivity contribution in [2.75, 3.05) is 39.4 Å². The number of urea groups is 1. The second-order valence-corrected chi connectivity index (χ2v) is 4.93. The van der Waals surface area contributed by atoms with Crippen molar-refractivity contribution in [3.05, 3.63) is 35.9 Å². The summed E-state index contributed by atoms with van der Waals surface area (Å²) in [5.41, 5.74) is 6.72. The molecular weight excluding hydrogens is 254 g/mol. The molecule has 1 saturated heterocycles. The maximum Gasteiger partial charge on any atom is 0.320 e. The molecule has 1 aliphatic rings. The van der Waals surface area contributed by atoms with E-state index in [-0.39, 0.29) is 6.03 Å². The number of carbonyl (C=O) groups is 1. The van der Waals surface area contributed by atoms with E-state index < -0.39 is 0 Å². The lowest BCUT2D eigenvalue weighted by atomic mass is 10.2. The Kier molecular flexibility index (Phi) is 5.83. The zero-order chi connectivity index (χ0) is 14.2. The Morgan fingerprint density at radius 3 is 2.60 bits per heavy atom. The van der Waals surface area contributed by atoms with Crippen LogP contribution in [0, 0.1) is 0 Å². The van der Waals surface area contributed by atoms with Gasteiger partial charge in [-0.1, -0.05) is 30.3 Å². The Balaban J connectivity index is 2.00. The molecule has 0 radical (unpaired) electrons. The molecule has 1 heterocycles. The number of rotatable bonds is 5. The molecule has 0 atom stereocenters. The summed E-state index contributed by atoms with van der Waals surface area (Å²) in [4.78, 5) is 16.3. The van der Waals surface area contributed by atoms with Gasteiger partial charge in [-0.3, -0.25) is 0 Å². The molecule has 5 heteroatoms. The van der Waals surface area contributed by atoms with E-state index >= 15 is 0 Å². The van der Waals surface area contributed by atoms with Gasteiger partial charge in [-0.05, 0) is 18.5 Å². The van der Waals surface area contributed by atoms with Crippen LogP contribution in [0.1, 0.15) is 12.0 Å². The van der Waals surface area contributed by atoms with E-state index in [1.807, 2.05) is 40.1 Å². The molecule has 0 saturated carbocycles. The van der Waals surface area contributed by atoms with Crippen molar-refractivity contribution in [2.24, 2.45) is 5.73 Å². The summed E-state index contributed by atoms with van der Waals surface area (Å²) in [5.74, 6) is 0. The van der Waals surface area contributed by atoms with Crippen molar-refractivity contribution < 1.29 is 9.53 Å². The van der Waals surface area contributed by atoms with Crippen LogP contribution < -0.4 is 5.73 Å². The molecule has 1 aromatic rings. The number of amides is 2. The quantitative estimate of drug-likeness (QED) is 0.882. The summed E-state index contributed by atoms with van der Waals surface area (Å²) in [6.45, 7) is 4.53. The zero-order valence-corrected chi connectivity index (χ0v) is 11.8. The molecule has 20 heavy (non-hydrogen) atoms. The molecule has 0 unspecified atom stereocenters. The van der Waals surface area contributed by atoms with Crippen molar-refractivity contribution >= 4 is 6.03 Å². The minimum Gasteiger partial charge on any atom is -0.378 e. The van der Waals surface area contributed by atoms with Crippen LogP contribution >= 0.6 is 0 Å². The highest BCUT2D eigenvalue weighted by molar-refractivity contribution is 5.74. The van der Waals surface area contributed by atoms with Gasteiger partial charge >= 0.3 is 6.03 Å². The highest BCUT2D eigenvalue weighted by atomic mass is 16.5. The van der Waals surface area contributed by atoms with Crippen LogP contribution in [0.4, 0.5) is 4.79 Å². The first-order chi connectivity index (χ1) is 9.81. The predicted octanol–water partition coefficient (Wildman–Crippen LogP) is 1.29. The topological polar surface area (TPSA) is 58.8 Å². The minimum absolute atomic E-state index is 0.0885. The Labute approximate surface area is 120 Å². The first-order valence-electron chi connectivity index (χ1n) is 7.17. The van der Waals surface area contributed by atoms with Gasteiger partial charge in [0.1, 0.15) is 0 Å². The number of hydrogen-bond donors (Lipinski definition) is 1. The van der Waals surface area contributed by atoms with Crippen LogP contribution in [-0.4, -0.2) is 55.2 Å². The van der Waals surface area contributed by atoms with Gasteiger partial charge in [0.25, 0.3) is 0 Å². The number of hydrogen-bond acceptors (Lipinski definition) is 3. The Morgan fingerprint density at radius 2 is 1.95 bits per heavy atom. The van der Waals surface area contributed by atoms with Gasteiger partial charge in [0, 0.05) is 26.2 Å². The molecule has 2 N–H and O–H groups in total. The first-order valence-corrected chi connectivity index (χ1v) is 7.17. The van der Waals surface area contributed by atoms with Crippen LogP contribution in [0.2, 0.25) is 0 Å². The highest BCUT2D eigenvalue weighted by Gasteiger charge is 2.22. The van der Waals surface area contributed by atoms with Gasteiger partial charge in [-0.2, -0.15) is 0 Å². The van der Waals surface area contributed by atoms with Crippen molar-refractivity contribution in [3.8, 4) is 0 Å². The molecule has 0 aromatic heterocycles. The van der Waals surface area contributed by atoms with E-state index in [1.165, 1.54) is 0 Å². The van der Waals surface area contributed by atoms with E-state index in [9.17, 15) is 4.79 Å². The SMILES string of the molecule is NCCCN(Cc1ccccc1)C(=O)N1CCOCC1. The zero-order valence-electron chi connectivity index (χ0n) is 11.8. The third-order valence-corrected chi connectivity index (χ3v) is 3.40. The lowest BCUT2D eigenvalue weighted by molar-refractivity contribution is 0.0425. The number of ether oxygens (including phenoxy) is 1. The fourth-order valence-corrected chi connectivity index (χ4v) is 2.28. The highest BCUT2D eigenvalue weighted by Crippen LogP contribution is 2.10. The smallest absolute Gasteiger partial charge is 0.320 e. The summed E-state index contributed by atoms with van der Waals surface area (Å²) in [6, 6.07) is 10.2. The largest absolute Gasteiger partial charge is 0.378 e. The third-order valence-electron chi connectivity index (χ3n) is 3.40. The first kappa shape index (κ1) is 14.8. The molecule has 2 amide bonds. The van der Waals surface area contributed by atoms with Crippen LogP contribution in [0.5, 0.6) is 0 Å². The molecule has 0 spiro atoms. The van der Waals surface area contributed by atoms with Crippen LogP contribution in [0.15, 0.2) is 30.3 Å². The molecule has 1 aromatic carbocycles. The van der Waals surface area contributed by atoms with Crippen LogP contribution in [-0.2, 0) is 11.3 Å². The van der Waals surface area contributed by atoms with E-state index in [0.717, 1.165) is 12.0 Å². The van der Waals surface area contributed by atoms with Crippen molar-refractivity contribution in [1.82, 2.24) is 9.80 Å². The third kappa shape index (κ3) is 4.21. The molecule has 1 aliphatic heterocycles. The lowest BCUT2D eigenvalue weighted by Crippen LogP contribution is -2.48. The van der Waals surface area contributed by atoms with Gasteiger partial charge < -0.3 is 20.3 Å². The second-order valence-electron chi connectivity index (χ2n) is 4.93. The monoisotopic (exact) mass is 277 g/mol. The lowest BCUT2D eigenvalue weighted by Gasteiger charge is -2.33. The number of carbonyl (C=O) groups excluding carboxylic acids is 1. The predicted molar refractivity (Wildman–Crippen MR) is 78.3 cm³/mol. The molecule has 110 valence electrons. The summed E-state index contributed by atoms with van der Waals surface area (Å²) >= 11 is 0. The molecule has 5 nitrogen and oxygen atoms in total.